The average Bonchev–Trinajstić information content (AvgIpc) is 3.07. The summed E-state index contributed by atoms with van der Waals surface area (Å²) in [6.07, 6.45) is 3.24. The van der Waals surface area contributed by atoms with Crippen LogP contribution >= 0.6 is 36.6 Å². The van der Waals surface area contributed by atoms with Gasteiger partial charge in [0.05, 0.1) is 0 Å². The monoisotopic (exact) mass is 456 g/mol. The zero-order valence-corrected chi connectivity index (χ0v) is 19.8. The summed E-state index contributed by atoms with van der Waals surface area (Å²) in [6.45, 7) is 9.12. The van der Waals surface area contributed by atoms with Crippen LogP contribution in [-0.2, 0) is 0 Å². The third-order valence-corrected chi connectivity index (χ3v) is 7.00. The molecule has 0 spiro atoms. The summed E-state index contributed by atoms with van der Waals surface area (Å²) in [5.41, 5.74) is 4.14. The quantitative estimate of drug-likeness (QED) is 0.521. The van der Waals surface area contributed by atoms with Crippen molar-refractivity contribution in [2.75, 3.05) is 32.4 Å². The molecular weight excluding hydrogens is 426 g/mol. The molecule has 0 N–H and O–H groups in total. The maximum absolute atomic E-state index is 13.4. The minimum Gasteiger partial charge on any atom is -0.298 e. The summed E-state index contributed by atoms with van der Waals surface area (Å²) >= 11 is 1.81. The lowest BCUT2D eigenvalue weighted by atomic mass is 9.93. The SMILES string of the molecule is CSc1ccc2c(c1)[C@@H](N1CCN(C(C)C)CC1)C[C@@H]2c1ccc(F)cc1.Cl.Cl. The van der Waals surface area contributed by atoms with E-state index in [1.54, 1.807) is 12.1 Å². The van der Waals surface area contributed by atoms with Gasteiger partial charge in [-0.1, -0.05) is 18.2 Å². The first-order chi connectivity index (χ1) is 13.1. The Hall–Kier alpha value is -0.780. The summed E-state index contributed by atoms with van der Waals surface area (Å²) in [6, 6.07) is 15.1. The standard InChI is InChI=1S/C23H29FN2S.2ClH/c1-16(2)25-10-12-26(13-11-25)23-15-21(17-4-6-18(24)7-5-17)20-9-8-19(27-3)14-22(20)23;;/h4-9,14,16,21,23H,10-13,15H2,1-3H3;2*1H/t21-,23+;;/m1../s1. The van der Waals surface area contributed by atoms with Gasteiger partial charge in [-0.25, -0.2) is 4.39 Å². The molecule has 1 fully saturated rings. The molecule has 1 aliphatic carbocycles. The van der Waals surface area contributed by atoms with Gasteiger partial charge in [0.25, 0.3) is 0 Å². The van der Waals surface area contributed by atoms with Gasteiger partial charge in [0.15, 0.2) is 0 Å². The number of fused-ring (bicyclic) bond motifs is 1. The van der Waals surface area contributed by atoms with Crippen molar-refractivity contribution in [3.63, 3.8) is 0 Å². The van der Waals surface area contributed by atoms with E-state index in [2.05, 4.69) is 48.1 Å². The number of thioether (sulfide) groups is 1. The number of piperazine rings is 1. The van der Waals surface area contributed by atoms with Crippen LogP contribution in [0.4, 0.5) is 4.39 Å². The van der Waals surface area contributed by atoms with E-state index in [4.69, 9.17) is 0 Å². The van der Waals surface area contributed by atoms with Crippen LogP contribution in [0.5, 0.6) is 0 Å². The summed E-state index contributed by atoms with van der Waals surface area (Å²) in [5, 5.41) is 0. The first-order valence-electron chi connectivity index (χ1n) is 9.98. The van der Waals surface area contributed by atoms with Crippen molar-refractivity contribution >= 4 is 36.6 Å². The first-order valence-corrected chi connectivity index (χ1v) is 11.2. The molecule has 0 bridgehead atoms. The van der Waals surface area contributed by atoms with Crippen LogP contribution in [0.25, 0.3) is 0 Å². The highest BCUT2D eigenvalue weighted by atomic mass is 35.5. The Morgan fingerprint density at radius 3 is 2.17 bits per heavy atom. The van der Waals surface area contributed by atoms with Crippen molar-refractivity contribution in [1.82, 2.24) is 9.80 Å². The highest BCUT2D eigenvalue weighted by Crippen LogP contribution is 2.47. The molecule has 0 aromatic heterocycles. The van der Waals surface area contributed by atoms with Crippen LogP contribution in [0.15, 0.2) is 47.4 Å². The molecule has 0 radical (unpaired) electrons. The number of benzene rings is 2. The Kier molecular flexibility index (Phi) is 8.87. The van der Waals surface area contributed by atoms with Crippen molar-refractivity contribution < 1.29 is 4.39 Å². The van der Waals surface area contributed by atoms with Gasteiger partial charge in [-0.15, -0.1) is 36.6 Å². The van der Waals surface area contributed by atoms with E-state index in [9.17, 15) is 4.39 Å². The number of hydrogen-bond acceptors (Lipinski definition) is 3. The molecule has 0 unspecified atom stereocenters. The highest BCUT2D eigenvalue weighted by Gasteiger charge is 2.36. The summed E-state index contributed by atoms with van der Waals surface area (Å²) in [7, 11) is 0. The van der Waals surface area contributed by atoms with Crippen LogP contribution in [0.3, 0.4) is 0 Å². The molecule has 2 aliphatic rings. The zero-order chi connectivity index (χ0) is 19.0. The molecular formula is C23H31Cl2FN2S. The predicted molar refractivity (Wildman–Crippen MR) is 127 cm³/mol. The lowest BCUT2D eigenvalue weighted by molar-refractivity contribution is 0.0772. The number of rotatable bonds is 4. The molecule has 0 amide bonds. The molecule has 4 rings (SSSR count). The first kappa shape index (κ1) is 24.5. The normalized spacial score (nSPS) is 22.1. The second-order valence-electron chi connectivity index (χ2n) is 8.02. The molecule has 160 valence electrons. The second-order valence-corrected chi connectivity index (χ2v) is 8.90. The maximum Gasteiger partial charge on any atom is 0.123 e. The maximum atomic E-state index is 13.4. The number of hydrogen-bond donors (Lipinski definition) is 0. The summed E-state index contributed by atoms with van der Waals surface area (Å²) < 4.78 is 13.4. The van der Waals surface area contributed by atoms with E-state index in [0.717, 1.165) is 32.6 Å². The van der Waals surface area contributed by atoms with E-state index >= 15 is 0 Å². The zero-order valence-electron chi connectivity index (χ0n) is 17.3. The van der Waals surface area contributed by atoms with Gasteiger partial charge < -0.3 is 0 Å². The molecule has 2 aromatic carbocycles. The van der Waals surface area contributed by atoms with E-state index in [1.807, 2.05) is 23.9 Å². The molecule has 1 heterocycles. The molecule has 1 aliphatic heterocycles. The average molecular weight is 457 g/mol. The lowest BCUT2D eigenvalue weighted by Crippen LogP contribution is -2.49. The summed E-state index contributed by atoms with van der Waals surface area (Å²) in [4.78, 5) is 6.58. The Morgan fingerprint density at radius 1 is 0.931 bits per heavy atom. The Labute approximate surface area is 191 Å². The predicted octanol–water partition coefficient (Wildman–Crippen LogP) is 5.99. The Bertz CT molecular complexity index is 792. The lowest BCUT2D eigenvalue weighted by Gasteiger charge is -2.40. The van der Waals surface area contributed by atoms with E-state index in [-0.39, 0.29) is 30.6 Å². The molecule has 2 aromatic rings. The fourth-order valence-electron chi connectivity index (χ4n) is 4.68. The highest BCUT2D eigenvalue weighted by molar-refractivity contribution is 7.98. The van der Waals surface area contributed by atoms with Crippen LogP contribution in [0, 0.1) is 5.82 Å². The van der Waals surface area contributed by atoms with Gasteiger partial charge in [0.2, 0.25) is 0 Å². The smallest absolute Gasteiger partial charge is 0.123 e. The van der Waals surface area contributed by atoms with Crippen molar-refractivity contribution in [3.05, 3.63) is 65.0 Å². The molecule has 2 nitrogen and oxygen atoms in total. The Balaban J connectivity index is 0.00000150. The topological polar surface area (TPSA) is 6.48 Å². The minimum atomic E-state index is -0.156. The molecule has 1 saturated heterocycles. The van der Waals surface area contributed by atoms with Gasteiger partial charge in [-0.3, -0.25) is 9.80 Å². The molecule has 6 heteroatoms. The third-order valence-electron chi connectivity index (χ3n) is 6.28. The van der Waals surface area contributed by atoms with Gasteiger partial charge >= 0.3 is 0 Å². The fraction of sp³-hybridized carbons (Fsp3) is 0.478. The summed E-state index contributed by atoms with van der Waals surface area (Å²) in [5.74, 6) is 0.209. The van der Waals surface area contributed by atoms with Crippen molar-refractivity contribution in [3.8, 4) is 0 Å². The number of halogens is 3. The van der Waals surface area contributed by atoms with Gasteiger partial charge in [0, 0.05) is 49.1 Å². The van der Waals surface area contributed by atoms with E-state index in [0.29, 0.717) is 18.0 Å². The van der Waals surface area contributed by atoms with Crippen molar-refractivity contribution in [1.29, 1.82) is 0 Å². The minimum absolute atomic E-state index is 0. The molecule has 2 atom stereocenters. The van der Waals surface area contributed by atoms with Gasteiger partial charge in [-0.2, -0.15) is 0 Å². The van der Waals surface area contributed by atoms with E-state index in [1.165, 1.54) is 21.6 Å². The van der Waals surface area contributed by atoms with E-state index < -0.39 is 0 Å². The fourth-order valence-corrected chi connectivity index (χ4v) is 5.13. The largest absolute Gasteiger partial charge is 0.298 e. The van der Waals surface area contributed by atoms with Crippen molar-refractivity contribution in [2.45, 2.75) is 43.2 Å². The van der Waals surface area contributed by atoms with Gasteiger partial charge in [-0.05, 0) is 67.5 Å². The Morgan fingerprint density at radius 2 is 1.59 bits per heavy atom. The van der Waals surface area contributed by atoms with Crippen LogP contribution in [0.1, 0.15) is 48.9 Å². The number of nitrogens with zero attached hydrogens (tertiary/aromatic N) is 2. The molecule has 0 saturated carbocycles. The van der Waals surface area contributed by atoms with Crippen molar-refractivity contribution in [2.24, 2.45) is 0 Å². The second kappa shape index (κ2) is 10.5. The van der Waals surface area contributed by atoms with Gasteiger partial charge in [0.1, 0.15) is 5.82 Å². The van der Waals surface area contributed by atoms with Crippen LogP contribution in [-0.4, -0.2) is 48.3 Å². The molecule has 29 heavy (non-hydrogen) atoms. The van der Waals surface area contributed by atoms with Crippen LogP contribution < -0.4 is 0 Å². The van der Waals surface area contributed by atoms with Crippen LogP contribution in [0.2, 0.25) is 0 Å². The third kappa shape index (κ3) is 5.11.